The monoisotopic (exact) mass is 266 g/mol. The van der Waals surface area contributed by atoms with Crippen molar-refractivity contribution in [3.8, 4) is 5.75 Å². The van der Waals surface area contributed by atoms with Gasteiger partial charge in [0.25, 0.3) is 0 Å². The van der Waals surface area contributed by atoms with E-state index in [9.17, 15) is 4.39 Å². The normalized spacial score (nSPS) is 22.5. The van der Waals surface area contributed by atoms with Crippen molar-refractivity contribution in [1.29, 1.82) is 0 Å². The fraction of sp³-hybridized carbons (Fsp3) is 0.571. The second-order valence-corrected chi connectivity index (χ2v) is 4.94. The average molecular weight is 266 g/mol. The van der Waals surface area contributed by atoms with Crippen LogP contribution in [-0.2, 0) is 11.2 Å². The average Bonchev–Trinajstić information content (AvgIpc) is 2.48. The molecule has 3 rings (SSSR count). The third-order valence-electron chi connectivity index (χ3n) is 3.55. The molecule has 1 saturated heterocycles. The van der Waals surface area contributed by atoms with Crippen LogP contribution in [0, 0.1) is 5.82 Å². The maximum Gasteiger partial charge on any atom is 0.143 e. The highest BCUT2D eigenvalue weighted by Crippen LogP contribution is 2.34. The predicted molar refractivity (Wildman–Crippen MR) is 71.3 cm³/mol. The lowest BCUT2D eigenvalue weighted by atomic mass is 10.0. The molecule has 0 spiro atoms. The summed E-state index contributed by atoms with van der Waals surface area (Å²) >= 11 is 0. The van der Waals surface area contributed by atoms with Crippen LogP contribution in [0.5, 0.6) is 5.75 Å². The molecule has 0 amide bonds. The van der Waals surface area contributed by atoms with Gasteiger partial charge in [-0.05, 0) is 25.0 Å². The maximum atomic E-state index is 13.7. The second kappa shape index (κ2) is 5.75. The molecule has 0 saturated carbocycles. The summed E-state index contributed by atoms with van der Waals surface area (Å²) in [5.41, 5.74) is 1.56. The smallest absolute Gasteiger partial charge is 0.143 e. The largest absolute Gasteiger partial charge is 0.489 e. The molecule has 0 bridgehead atoms. The number of ether oxygens (including phenoxy) is 2. The van der Waals surface area contributed by atoms with Gasteiger partial charge < -0.3 is 20.1 Å². The Morgan fingerprint density at radius 3 is 3.16 bits per heavy atom. The van der Waals surface area contributed by atoms with Crippen molar-refractivity contribution in [3.05, 3.63) is 23.5 Å². The molecule has 5 heteroatoms. The number of nitrogens with one attached hydrogen (secondary N) is 2. The first-order valence-corrected chi connectivity index (χ1v) is 6.85. The number of anilines is 1. The van der Waals surface area contributed by atoms with E-state index < -0.39 is 0 Å². The Balaban J connectivity index is 1.70. The van der Waals surface area contributed by atoms with Crippen molar-refractivity contribution in [3.63, 3.8) is 0 Å². The van der Waals surface area contributed by atoms with E-state index in [1.165, 1.54) is 6.07 Å². The van der Waals surface area contributed by atoms with Gasteiger partial charge in [0.2, 0.25) is 0 Å². The molecule has 2 aliphatic heterocycles. The number of hydrogen-bond donors (Lipinski definition) is 2. The van der Waals surface area contributed by atoms with Gasteiger partial charge in [-0.1, -0.05) is 0 Å². The van der Waals surface area contributed by atoms with E-state index >= 15 is 0 Å². The molecule has 0 aromatic heterocycles. The minimum Gasteiger partial charge on any atom is -0.489 e. The van der Waals surface area contributed by atoms with Gasteiger partial charge in [0.1, 0.15) is 24.3 Å². The van der Waals surface area contributed by atoms with Crippen LogP contribution in [-0.4, -0.2) is 39.0 Å². The number of halogens is 1. The van der Waals surface area contributed by atoms with Crippen molar-refractivity contribution in [2.75, 3.05) is 38.2 Å². The first-order valence-electron chi connectivity index (χ1n) is 6.85. The van der Waals surface area contributed by atoms with E-state index in [2.05, 4.69) is 10.6 Å². The van der Waals surface area contributed by atoms with Gasteiger partial charge in [0, 0.05) is 25.2 Å². The van der Waals surface area contributed by atoms with Gasteiger partial charge >= 0.3 is 0 Å². The Bertz CT molecular complexity index is 447. The molecule has 104 valence electrons. The van der Waals surface area contributed by atoms with Crippen LogP contribution in [0.1, 0.15) is 12.0 Å². The third kappa shape index (κ3) is 2.82. The van der Waals surface area contributed by atoms with E-state index in [1.807, 2.05) is 0 Å². The zero-order chi connectivity index (χ0) is 13.1. The van der Waals surface area contributed by atoms with Crippen molar-refractivity contribution >= 4 is 5.69 Å². The van der Waals surface area contributed by atoms with Gasteiger partial charge in [0.15, 0.2) is 0 Å². The molecule has 0 radical (unpaired) electrons. The predicted octanol–water partition coefficient (Wildman–Crippen LogP) is 1.55. The summed E-state index contributed by atoms with van der Waals surface area (Å²) in [4.78, 5) is 0. The summed E-state index contributed by atoms with van der Waals surface area (Å²) in [5, 5.41) is 6.50. The van der Waals surface area contributed by atoms with E-state index in [4.69, 9.17) is 9.47 Å². The zero-order valence-electron chi connectivity index (χ0n) is 10.9. The maximum absolute atomic E-state index is 13.7. The topological polar surface area (TPSA) is 42.5 Å². The zero-order valence-corrected chi connectivity index (χ0v) is 10.9. The summed E-state index contributed by atoms with van der Waals surface area (Å²) in [6, 6.07) is 3.18. The molecule has 1 unspecified atom stereocenters. The van der Waals surface area contributed by atoms with E-state index in [1.54, 1.807) is 6.07 Å². The minimum atomic E-state index is -0.148. The van der Waals surface area contributed by atoms with Gasteiger partial charge in [-0.25, -0.2) is 4.39 Å². The summed E-state index contributed by atoms with van der Waals surface area (Å²) in [5.74, 6) is 0.579. The molecule has 19 heavy (non-hydrogen) atoms. The third-order valence-corrected chi connectivity index (χ3v) is 3.55. The highest BCUT2D eigenvalue weighted by Gasteiger charge is 2.19. The van der Waals surface area contributed by atoms with Crippen molar-refractivity contribution in [1.82, 2.24) is 5.32 Å². The molecular weight excluding hydrogens is 247 g/mol. The van der Waals surface area contributed by atoms with Crippen LogP contribution in [0.3, 0.4) is 0 Å². The van der Waals surface area contributed by atoms with Crippen LogP contribution >= 0.6 is 0 Å². The Hall–Kier alpha value is -1.33. The summed E-state index contributed by atoms with van der Waals surface area (Å²) in [7, 11) is 0. The van der Waals surface area contributed by atoms with Crippen LogP contribution in [0.4, 0.5) is 10.1 Å². The Morgan fingerprint density at radius 2 is 2.32 bits per heavy atom. The van der Waals surface area contributed by atoms with Crippen LogP contribution in [0.25, 0.3) is 0 Å². The summed E-state index contributed by atoms with van der Waals surface area (Å²) < 4.78 is 25.1. The Labute approximate surface area is 112 Å². The first-order chi connectivity index (χ1) is 9.34. The molecule has 2 N–H and O–H groups in total. The molecular formula is C14H19FN2O2. The van der Waals surface area contributed by atoms with E-state index in [0.29, 0.717) is 13.2 Å². The lowest BCUT2D eigenvalue weighted by Gasteiger charge is -2.26. The molecule has 2 heterocycles. The molecule has 2 aliphatic rings. The fourth-order valence-electron chi connectivity index (χ4n) is 2.55. The Kier molecular flexibility index (Phi) is 3.84. The SMILES string of the molecule is Fc1ccc(OCC2CNCCO2)c2c1CCCN2. The number of fused-ring (bicyclic) bond motifs is 1. The standard InChI is InChI=1S/C14H19FN2O2/c15-12-3-4-13(14-11(12)2-1-5-17-14)19-9-10-8-16-6-7-18-10/h3-4,10,16-17H,1-2,5-9H2. The van der Waals surface area contributed by atoms with E-state index in [-0.39, 0.29) is 11.9 Å². The van der Waals surface area contributed by atoms with Crippen LogP contribution in [0.15, 0.2) is 12.1 Å². The summed E-state index contributed by atoms with van der Waals surface area (Å²) in [6.45, 7) is 3.77. The lowest BCUT2D eigenvalue weighted by Crippen LogP contribution is -2.41. The van der Waals surface area contributed by atoms with Gasteiger partial charge in [-0.3, -0.25) is 0 Å². The molecule has 1 aromatic carbocycles. The van der Waals surface area contributed by atoms with Gasteiger partial charge in [0.05, 0.1) is 12.3 Å². The van der Waals surface area contributed by atoms with E-state index in [0.717, 1.165) is 49.5 Å². The Morgan fingerprint density at radius 1 is 1.37 bits per heavy atom. The van der Waals surface area contributed by atoms with Gasteiger partial charge in [-0.15, -0.1) is 0 Å². The number of morpholine rings is 1. The quantitative estimate of drug-likeness (QED) is 0.871. The van der Waals surface area contributed by atoms with Crippen molar-refractivity contribution in [2.24, 2.45) is 0 Å². The number of rotatable bonds is 3. The molecule has 1 aromatic rings. The highest BCUT2D eigenvalue weighted by atomic mass is 19.1. The van der Waals surface area contributed by atoms with Crippen molar-refractivity contribution in [2.45, 2.75) is 18.9 Å². The van der Waals surface area contributed by atoms with Crippen LogP contribution < -0.4 is 15.4 Å². The lowest BCUT2D eigenvalue weighted by molar-refractivity contribution is 0.000308. The molecule has 0 aliphatic carbocycles. The van der Waals surface area contributed by atoms with Crippen LogP contribution in [0.2, 0.25) is 0 Å². The van der Waals surface area contributed by atoms with Gasteiger partial charge in [-0.2, -0.15) is 0 Å². The molecule has 1 atom stereocenters. The fourth-order valence-corrected chi connectivity index (χ4v) is 2.55. The second-order valence-electron chi connectivity index (χ2n) is 4.94. The molecule has 4 nitrogen and oxygen atoms in total. The number of benzene rings is 1. The number of hydrogen-bond acceptors (Lipinski definition) is 4. The minimum absolute atomic E-state index is 0.0676. The highest BCUT2D eigenvalue weighted by molar-refractivity contribution is 5.63. The molecule has 1 fully saturated rings. The summed E-state index contributed by atoms with van der Waals surface area (Å²) in [6.07, 6.45) is 1.80. The van der Waals surface area contributed by atoms with Crippen molar-refractivity contribution < 1.29 is 13.9 Å². The first kappa shape index (κ1) is 12.7.